The maximum Gasteiger partial charge on any atom is 0.145 e. The number of aromatic nitrogens is 3. The molecule has 0 fully saturated rings. The first-order valence-electron chi connectivity index (χ1n) is 9.50. The molecule has 3 N–H and O–H groups in total. The molecular formula is C22H23N5O2. The predicted octanol–water partition coefficient (Wildman–Crippen LogP) is 4.22. The van der Waals surface area contributed by atoms with E-state index in [2.05, 4.69) is 25.6 Å². The highest BCUT2D eigenvalue weighted by atomic mass is 16.5. The molecule has 3 aromatic rings. The molecule has 29 heavy (non-hydrogen) atoms. The molecule has 7 heteroatoms. The Hall–Kier alpha value is -3.45. The molecule has 1 aliphatic heterocycles. The molecule has 2 aromatic heterocycles. The number of hydrogen-bond donors (Lipinski definition) is 3. The van der Waals surface area contributed by atoms with Gasteiger partial charge in [-0.25, -0.2) is 9.97 Å². The number of ether oxygens (including phenoxy) is 1. The Morgan fingerprint density at radius 2 is 2.03 bits per heavy atom. The molecule has 4 rings (SSSR count). The summed E-state index contributed by atoms with van der Waals surface area (Å²) in [6.45, 7) is 4.69. The number of anilines is 3. The quantitative estimate of drug-likeness (QED) is 0.602. The number of aliphatic hydroxyl groups is 1. The Bertz CT molecular complexity index is 1050. The van der Waals surface area contributed by atoms with Crippen LogP contribution in [0.1, 0.15) is 23.2 Å². The third kappa shape index (κ3) is 4.35. The SMILES string of the molecule is Cc1ccc(Oc2ccc(Nc3ncnc4c3C=C(CO)CCN4)cc2C)cn1. The average Bonchev–Trinajstić information content (AvgIpc) is 2.94. The van der Waals surface area contributed by atoms with Gasteiger partial charge in [0, 0.05) is 17.9 Å². The molecule has 0 bridgehead atoms. The zero-order chi connectivity index (χ0) is 20.2. The van der Waals surface area contributed by atoms with Gasteiger partial charge in [-0.1, -0.05) is 0 Å². The van der Waals surface area contributed by atoms with Gasteiger partial charge in [0.05, 0.1) is 18.4 Å². The third-order valence-corrected chi connectivity index (χ3v) is 4.72. The van der Waals surface area contributed by atoms with Crippen molar-refractivity contribution in [1.29, 1.82) is 0 Å². The van der Waals surface area contributed by atoms with Crippen molar-refractivity contribution in [3.05, 3.63) is 65.2 Å². The number of hydrogen-bond acceptors (Lipinski definition) is 7. The Balaban J connectivity index is 1.58. The molecule has 0 atom stereocenters. The van der Waals surface area contributed by atoms with E-state index in [9.17, 15) is 5.11 Å². The van der Waals surface area contributed by atoms with Crippen molar-refractivity contribution in [2.75, 3.05) is 23.8 Å². The number of pyridine rings is 1. The Kier molecular flexibility index (Phi) is 5.39. The first-order chi connectivity index (χ1) is 14.1. The fourth-order valence-corrected chi connectivity index (χ4v) is 3.14. The largest absolute Gasteiger partial charge is 0.455 e. The van der Waals surface area contributed by atoms with E-state index in [1.54, 1.807) is 6.20 Å². The minimum Gasteiger partial charge on any atom is -0.455 e. The summed E-state index contributed by atoms with van der Waals surface area (Å²) in [6, 6.07) is 9.70. The molecule has 148 valence electrons. The summed E-state index contributed by atoms with van der Waals surface area (Å²) in [6.07, 6.45) is 5.97. The second-order valence-corrected chi connectivity index (χ2v) is 6.96. The van der Waals surface area contributed by atoms with Crippen LogP contribution < -0.4 is 15.4 Å². The molecule has 3 heterocycles. The van der Waals surface area contributed by atoms with E-state index in [4.69, 9.17) is 4.74 Å². The van der Waals surface area contributed by atoms with Gasteiger partial charge in [-0.05, 0) is 67.8 Å². The summed E-state index contributed by atoms with van der Waals surface area (Å²) in [5, 5.41) is 16.2. The summed E-state index contributed by atoms with van der Waals surface area (Å²) >= 11 is 0. The standard InChI is InChI=1S/C22H23N5O2/c1-14-9-17(4-6-20(14)29-18-5-3-15(2)24-11-18)27-22-19-10-16(12-28)7-8-23-21(19)25-13-26-22/h3-6,9-11,13,28H,7-8,12H2,1-2H3,(H2,23,25,26,27). The first kappa shape index (κ1) is 18.9. The van der Waals surface area contributed by atoms with Gasteiger partial charge in [-0.15, -0.1) is 0 Å². The van der Waals surface area contributed by atoms with Gasteiger partial charge in [0.2, 0.25) is 0 Å². The van der Waals surface area contributed by atoms with Gasteiger partial charge in [-0.3, -0.25) is 4.98 Å². The highest BCUT2D eigenvalue weighted by molar-refractivity contribution is 5.78. The van der Waals surface area contributed by atoms with Crippen molar-refractivity contribution < 1.29 is 9.84 Å². The third-order valence-electron chi connectivity index (χ3n) is 4.72. The van der Waals surface area contributed by atoms with Crippen LogP contribution >= 0.6 is 0 Å². The van der Waals surface area contributed by atoms with E-state index < -0.39 is 0 Å². The summed E-state index contributed by atoms with van der Waals surface area (Å²) in [7, 11) is 0. The topological polar surface area (TPSA) is 92.2 Å². The normalized spacial score (nSPS) is 13.0. The highest BCUT2D eigenvalue weighted by Crippen LogP contribution is 2.31. The lowest BCUT2D eigenvalue weighted by molar-refractivity contribution is 0.328. The lowest BCUT2D eigenvalue weighted by Gasteiger charge is -2.14. The number of fused-ring (bicyclic) bond motifs is 1. The monoisotopic (exact) mass is 389 g/mol. The van der Waals surface area contributed by atoms with E-state index in [0.29, 0.717) is 11.6 Å². The number of nitrogens with zero attached hydrogens (tertiary/aromatic N) is 3. The van der Waals surface area contributed by atoms with Crippen LogP contribution in [0.15, 0.2) is 48.4 Å². The molecule has 7 nitrogen and oxygen atoms in total. The maximum atomic E-state index is 9.55. The average molecular weight is 389 g/mol. The lowest BCUT2D eigenvalue weighted by atomic mass is 10.1. The van der Waals surface area contributed by atoms with Crippen molar-refractivity contribution in [3.63, 3.8) is 0 Å². The van der Waals surface area contributed by atoms with Crippen LogP contribution in [0.3, 0.4) is 0 Å². The highest BCUT2D eigenvalue weighted by Gasteiger charge is 2.14. The fourth-order valence-electron chi connectivity index (χ4n) is 3.14. The van der Waals surface area contributed by atoms with Crippen molar-refractivity contribution in [1.82, 2.24) is 15.0 Å². The smallest absolute Gasteiger partial charge is 0.145 e. The van der Waals surface area contributed by atoms with E-state index in [-0.39, 0.29) is 6.61 Å². The lowest BCUT2D eigenvalue weighted by Crippen LogP contribution is -2.05. The van der Waals surface area contributed by atoms with E-state index in [0.717, 1.165) is 52.6 Å². The molecule has 1 aliphatic rings. The van der Waals surface area contributed by atoms with Gasteiger partial charge < -0.3 is 20.5 Å². The first-order valence-corrected chi connectivity index (χ1v) is 9.50. The minimum atomic E-state index is 0.0223. The zero-order valence-electron chi connectivity index (χ0n) is 16.4. The maximum absolute atomic E-state index is 9.55. The summed E-state index contributed by atoms with van der Waals surface area (Å²) in [5.74, 6) is 2.92. The van der Waals surface area contributed by atoms with Gasteiger partial charge in [0.25, 0.3) is 0 Å². The second-order valence-electron chi connectivity index (χ2n) is 6.96. The van der Waals surface area contributed by atoms with Crippen molar-refractivity contribution in [2.45, 2.75) is 20.3 Å². The van der Waals surface area contributed by atoms with E-state index in [1.165, 1.54) is 6.33 Å². The molecule has 0 radical (unpaired) electrons. The van der Waals surface area contributed by atoms with Gasteiger partial charge in [-0.2, -0.15) is 0 Å². The van der Waals surface area contributed by atoms with Gasteiger partial charge in [0.15, 0.2) is 0 Å². The molecule has 0 spiro atoms. The fraction of sp³-hybridized carbons (Fsp3) is 0.227. The van der Waals surface area contributed by atoms with Crippen LogP contribution in [0.4, 0.5) is 17.3 Å². The number of nitrogens with one attached hydrogen (secondary N) is 2. The van der Waals surface area contributed by atoms with Crippen molar-refractivity contribution in [2.24, 2.45) is 0 Å². The van der Waals surface area contributed by atoms with Crippen molar-refractivity contribution >= 4 is 23.4 Å². The summed E-state index contributed by atoms with van der Waals surface area (Å²) in [4.78, 5) is 13.0. The second kappa shape index (κ2) is 8.28. The number of rotatable bonds is 5. The molecular weight excluding hydrogens is 366 g/mol. The van der Waals surface area contributed by atoms with Crippen LogP contribution in [0.25, 0.3) is 6.08 Å². The Morgan fingerprint density at radius 3 is 2.79 bits per heavy atom. The zero-order valence-corrected chi connectivity index (χ0v) is 16.4. The Labute approximate surface area is 169 Å². The van der Waals surface area contributed by atoms with Gasteiger partial charge in [0.1, 0.15) is 29.5 Å². The van der Waals surface area contributed by atoms with E-state index in [1.807, 2.05) is 50.3 Å². The molecule has 0 saturated carbocycles. The van der Waals surface area contributed by atoms with Crippen LogP contribution in [0.5, 0.6) is 11.5 Å². The Morgan fingerprint density at radius 1 is 1.14 bits per heavy atom. The summed E-state index contributed by atoms with van der Waals surface area (Å²) in [5.41, 5.74) is 4.62. The minimum absolute atomic E-state index is 0.0223. The molecule has 1 aromatic carbocycles. The van der Waals surface area contributed by atoms with Gasteiger partial charge >= 0.3 is 0 Å². The number of benzene rings is 1. The van der Waals surface area contributed by atoms with Crippen LogP contribution in [-0.4, -0.2) is 33.2 Å². The predicted molar refractivity (Wildman–Crippen MR) is 114 cm³/mol. The van der Waals surface area contributed by atoms with Crippen LogP contribution in [-0.2, 0) is 0 Å². The van der Waals surface area contributed by atoms with Crippen molar-refractivity contribution in [3.8, 4) is 11.5 Å². The van der Waals surface area contributed by atoms with Crippen LogP contribution in [0.2, 0.25) is 0 Å². The van der Waals surface area contributed by atoms with Crippen LogP contribution in [0, 0.1) is 13.8 Å². The summed E-state index contributed by atoms with van der Waals surface area (Å²) < 4.78 is 5.94. The molecule has 0 amide bonds. The number of aliphatic hydroxyl groups excluding tert-OH is 1. The number of aryl methyl sites for hydroxylation is 2. The molecule has 0 saturated heterocycles. The van der Waals surface area contributed by atoms with E-state index >= 15 is 0 Å². The molecule has 0 aliphatic carbocycles. The molecule has 0 unspecified atom stereocenters.